The number of nitrogens with two attached hydrogens (primary N) is 1. The summed E-state index contributed by atoms with van der Waals surface area (Å²) < 4.78 is 2.65. The summed E-state index contributed by atoms with van der Waals surface area (Å²) in [6.07, 6.45) is 2.47. The normalized spacial score (nSPS) is 10.4. The van der Waals surface area contributed by atoms with Gasteiger partial charge >= 0.3 is 0 Å². The van der Waals surface area contributed by atoms with E-state index in [0.29, 0.717) is 17.8 Å². The van der Waals surface area contributed by atoms with Crippen LogP contribution in [-0.4, -0.2) is 22.2 Å². The van der Waals surface area contributed by atoms with Gasteiger partial charge in [-0.15, -0.1) is 0 Å². The molecule has 0 bridgehead atoms. The summed E-state index contributed by atoms with van der Waals surface area (Å²) in [5.74, 6) is -0.160. The zero-order valence-corrected chi connectivity index (χ0v) is 12.1. The number of halogens is 1. The molecule has 0 spiro atoms. The van der Waals surface area contributed by atoms with Crippen LogP contribution in [0.2, 0.25) is 0 Å². The molecule has 6 heteroatoms. The number of hydrogen-bond donors (Lipinski definition) is 2. The van der Waals surface area contributed by atoms with Crippen LogP contribution in [0, 0.1) is 0 Å². The average molecular weight is 323 g/mol. The molecule has 0 aliphatic rings. The molecule has 0 aliphatic carbocycles. The van der Waals surface area contributed by atoms with Crippen molar-refractivity contribution in [2.45, 2.75) is 6.42 Å². The maximum atomic E-state index is 12.0. The fourth-order valence-electron chi connectivity index (χ4n) is 1.79. The number of anilines is 1. The fraction of sp³-hybridized carbons (Fsp3) is 0.231. The average Bonchev–Trinajstić information content (AvgIpc) is 2.75. The lowest BCUT2D eigenvalue weighted by Crippen LogP contribution is -2.27. The van der Waals surface area contributed by atoms with E-state index >= 15 is 0 Å². The highest BCUT2D eigenvalue weighted by Gasteiger charge is 2.09. The quantitative estimate of drug-likeness (QED) is 0.842. The second kappa shape index (κ2) is 5.88. The molecular weight excluding hydrogens is 308 g/mol. The Kier molecular flexibility index (Phi) is 4.21. The second-order valence-electron chi connectivity index (χ2n) is 4.18. The van der Waals surface area contributed by atoms with Gasteiger partial charge < -0.3 is 11.1 Å². The number of carbonyl (C=O) groups is 1. The van der Waals surface area contributed by atoms with Crippen LogP contribution in [0.1, 0.15) is 16.1 Å². The molecule has 3 N–H and O–H groups in total. The van der Waals surface area contributed by atoms with Crippen molar-refractivity contribution in [3.63, 3.8) is 0 Å². The number of nitrogens with zero attached hydrogens (tertiary/aromatic N) is 2. The van der Waals surface area contributed by atoms with Crippen molar-refractivity contribution in [1.29, 1.82) is 0 Å². The Morgan fingerprint density at radius 1 is 1.47 bits per heavy atom. The molecule has 2 aromatic rings. The maximum Gasteiger partial charge on any atom is 0.253 e. The highest BCUT2D eigenvalue weighted by Crippen LogP contribution is 2.18. The van der Waals surface area contributed by atoms with Gasteiger partial charge in [0.15, 0.2) is 0 Å². The highest BCUT2D eigenvalue weighted by molar-refractivity contribution is 9.10. The SMILES string of the molecule is Cn1nccc1CCNC(=O)c1ccc(Br)cc1N. The van der Waals surface area contributed by atoms with Gasteiger partial charge in [0, 0.05) is 42.1 Å². The van der Waals surface area contributed by atoms with Crippen LogP contribution in [0.15, 0.2) is 34.9 Å². The zero-order valence-electron chi connectivity index (χ0n) is 10.6. The van der Waals surface area contributed by atoms with E-state index < -0.39 is 0 Å². The van der Waals surface area contributed by atoms with Crippen molar-refractivity contribution in [2.75, 3.05) is 12.3 Å². The van der Waals surface area contributed by atoms with Crippen LogP contribution >= 0.6 is 15.9 Å². The van der Waals surface area contributed by atoms with Crippen molar-refractivity contribution in [2.24, 2.45) is 7.05 Å². The second-order valence-corrected chi connectivity index (χ2v) is 5.10. The number of amides is 1. The van der Waals surface area contributed by atoms with Gasteiger partial charge in [0.2, 0.25) is 0 Å². The molecule has 0 fully saturated rings. The summed E-state index contributed by atoms with van der Waals surface area (Å²) in [5.41, 5.74) is 7.84. The first-order chi connectivity index (χ1) is 9.08. The van der Waals surface area contributed by atoms with Crippen LogP contribution in [0.4, 0.5) is 5.69 Å². The Labute approximate surface area is 119 Å². The van der Waals surface area contributed by atoms with E-state index in [1.807, 2.05) is 13.1 Å². The van der Waals surface area contributed by atoms with Gasteiger partial charge in [0.05, 0.1) is 5.56 Å². The lowest BCUT2D eigenvalue weighted by molar-refractivity contribution is 0.0955. The van der Waals surface area contributed by atoms with E-state index in [4.69, 9.17) is 5.73 Å². The predicted octanol–water partition coefficient (Wildman–Crippen LogP) is 1.74. The van der Waals surface area contributed by atoms with Crippen molar-refractivity contribution in [3.05, 3.63) is 46.2 Å². The molecular formula is C13H15BrN4O. The smallest absolute Gasteiger partial charge is 0.253 e. The van der Waals surface area contributed by atoms with Gasteiger partial charge in [0.25, 0.3) is 5.91 Å². The summed E-state index contributed by atoms with van der Waals surface area (Å²) >= 11 is 3.31. The van der Waals surface area contributed by atoms with Gasteiger partial charge in [-0.3, -0.25) is 9.48 Å². The van der Waals surface area contributed by atoms with Gasteiger partial charge in [-0.05, 0) is 24.3 Å². The Morgan fingerprint density at radius 3 is 2.89 bits per heavy atom. The van der Waals surface area contributed by atoms with Crippen LogP contribution < -0.4 is 11.1 Å². The van der Waals surface area contributed by atoms with Crippen molar-refractivity contribution in [3.8, 4) is 0 Å². The Bertz CT molecular complexity index is 594. The highest BCUT2D eigenvalue weighted by atomic mass is 79.9. The molecule has 19 heavy (non-hydrogen) atoms. The molecule has 0 aliphatic heterocycles. The van der Waals surface area contributed by atoms with Crippen LogP contribution in [0.25, 0.3) is 0 Å². The molecule has 0 radical (unpaired) electrons. The lowest BCUT2D eigenvalue weighted by atomic mass is 10.1. The van der Waals surface area contributed by atoms with Gasteiger partial charge in [-0.2, -0.15) is 5.10 Å². The molecule has 0 saturated heterocycles. The minimum Gasteiger partial charge on any atom is -0.398 e. The van der Waals surface area contributed by atoms with E-state index in [2.05, 4.69) is 26.3 Å². The summed E-state index contributed by atoms with van der Waals surface area (Å²) in [6, 6.07) is 7.15. The molecule has 0 saturated carbocycles. The molecule has 0 atom stereocenters. The number of aromatic nitrogens is 2. The summed E-state index contributed by atoms with van der Waals surface area (Å²) in [7, 11) is 1.88. The number of benzene rings is 1. The molecule has 5 nitrogen and oxygen atoms in total. The van der Waals surface area contributed by atoms with E-state index in [0.717, 1.165) is 16.6 Å². The molecule has 1 aromatic heterocycles. The first-order valence-corrected chi connectivity index (χ1v) is 6.67. The summed E-state index contributed by atoms with van der Waals surface area (Å²) in [6.45, 7) is 0.549. The molecule has 0 unspecified atom stereocenters. The minimum absolute atomic E-state index is 0.160. The van der Waals surface area contributed by atoms with Crippen molar-refractivity contribution >= 4 is 27.5 Å². The number of aryl methyl sites for hydroxylation is 1. The Balaban J connectivity index is 1.93. The van der Waals surface area contributed by atoms with Gasteiger partial charge in [-0.25, -0.2) is 0 Å². The van der Waals surface area contributed by atoms with Crippen molar-refractivity contribution < 1.29 is 4.79 Å². The molecule has 1 amide bonds. The fourth-order valence-corrected chi connectivity index (χ4v) is 2.17. The van der Waals surface area contributed by atoms with Crippen LogP contribution in [0.5, 0.6) is 0 Å². The van der Waals surface area contributed by atoms with E-state index in [-0.39, 0.29) is 5.91 Å². The van der Waals surface area contributed by atoms with Gasteiger partial charge in [0.1, 0.15) is 0 Å². The number of rotatable bonds is 4. The predicted molar refractivity (Wildman–Crippen MR) is 77.8 cm³/mol. The maximum absolute atomic E-state index is 12.0. The monoisotopic (exact) mass is 322 g/mol. The number of carbonyl (C=O) groups excluding carboxylic acids is 1. The minimum atomic E-state index is -0.160. The van der Waals surface area contributed by atoms with Crippen LogP contribution in [0.3, 0.4) is 0 Å². The molecule has 100 valence electrons. The Hall–Kier alpha value is -1.82. The molecule has 1 aromatic carbocycles. The topological polar surface area (TPSA) is 72.9 Å². The lowest BCUT2D eigenvalue weighted by Gasteiger charge is -2.08. The first kappa shape index (κ1) is 13.6. The number of nitrogens with one attached hydrogen (secondary N) is 1. The zero-order chi connectivity index (χ0) is 13.8. The molecule has 2 rings (SSSR count). The van der Waals surface area contributed by atoms with E-state index in [1.165, 1.54) is 0 Å². The Morgan fingerprint density at radius 2 is 2.26 bits per heavy atom. The standard InChI is InChI=1S/C13H15BrN4O/c1-18-10(5-7-17-18)4-6-16-13(19)11-3-2-9(14)8-12(11)15/h2-3,5,7-8H,4,6,15H2,1H3,(H,16,19). The van der Waals surface area contributed by atoms with Gasteiger partial charge in [-0.1, -0.05) is 15.9 Å². The summed E-state index contributed by atoms with van der Waals surface area (Å²) in [5, 5.41) is 6.92. The third kappa shape index (κ3) is 3.35. The van der Waals surface area contributed by atoms with E-state index in [9.17, 15) is 4.79 Å². The number of nitrogen functional groups attached to an aromatic ring is 1. The number of hydrogen-bond acceptors (Lipinski definition) is 3. The third-order valence-electron chi connectivity index (χ3n) is 2.85. The molecule has 1 heterocycles. The first-order valence-electron chi connectivity index (χ1n) is 5.88. The van der Waals surface area contributed by atoms with E-state index in [1.54, 1.807) is 29.1 Å². The largest absolute Gasteiger partial charge is 0.398 e. The summed E-state index contributed by atoms with van der Waals surface area (Å²) in [4.78, 5) is 12.0. The van der Waals surface area contributed by atoms with Crippen molar-refractivity contribution in [1.82, 2.24) is 15.1 Å². The van der Waals surface area contributed by atoms with Crippen LogP contribution in [-0.2, 0) is 13.5 Å². The third-order valence-corrected chi connectivity index (χ3v) is 3.34.